The van der Waals surface area contributed by atoms with E-state index in [9.17, 15) is 9.90 Å². The molecule has 5 heteroatoms. The summed E-state index contributed by atoms with van der Waals surface area (Å²) >= 11 is 0. The van der Waals surface area contributed by atoms with Gasteiger partial charge in [-0.1, -0.05) is 20.8 Å². The zero-order valence-corrected chi connectivity index (χ0v) is 11.0. The number of hydrogen-bond donors (Lipinski definition) is 2. The Morgan fingerprint density at radius 2 is 2.22 bits per heavy atom. The number of aliphatic hydroxyl groups is 1. The molecular formula is C13H20N2O3. The molecule has 0 aliphatic carbocycles. The van der Waals surface area contributed by atoms with Crippen molar-refractivity contribution in [1.29, 1.82) is 0 Å². The van der Waals surface area contributed by atoms with E-state index < -0.39 is 6.10 Å². The molecule has 1 rings (SSSR count). The molecule has 1 amide bonds. The van der Waals surface area contributed by atoms with Crippen LogP contribution in [0.4, 0.5) is 5.82 Å². The lowest BCUT2D eigenvalue weighted by Crippen LogP contribution is -2.18. The fourth-order valence-electron chi connectivity index (χ4n) is 1.12. The highest BCUT2D eigenvalue weighted by molar-refractivity contribution is 5.91. The number of aromatic nitrogens is 1. The van der Waals surface area contributed by atoms with Gasteiger partial charge >= 0.3 is 0 Å². The first-order valence-electron chi connectivity index (χ1n) is 6.10. The van der Waals surface area contributed by atoms with Gasteiger partial charge in [-0.2, -0.15) is 0 Å². The van der Waals surface area contributed by atoms with Gasteiger partial charge in [-0.15, -0.1) is 0 Å². The third-order valence-electron chi connectivity index (χ3n) is 2.43. The fourth-order valence-corrected chi connectivity index (χ4v) is 1.12. The Morgan fingerprint density at radius 3 is 2.72 bits per heavy atom. The Balaban J connectivity index is 2.50. The first-order valence-corrected chi connectivity index (χ1v) is 6.10. The third kappa shape index (κ3) is 4.71. The van der Waals surface area contributed by atoms with Gasteiger partial charge in [0, 0.05) is 5.92 Å². The van der Waals surface area contributed by atoms with Crippen LogP contribution in [-0.4, -0.2) is 28.7 Å². The van der Waals surface area contributed by atoms with Crippen molar-refractivity contribution in [2.45, 2.75) is 33.3 Å². The van der Waals surface area contributed by atoms with Crippen molar-refractivity contribution in [2.24, 2.45) is 5.92 Å². The normalized spacial score (nSPS) is 12.3. The molecule has 2 N–H and O–H groups in total. The molecule has 1 heterocycles. The number of nitrogens with zero attached hydrogens (tertiary/aromatic N) is 1. The number of amides is 1. The summed E-state index contributed by atoms with van der Waals surface area (Å²) in [7, 11) is 0. The molecule has 1 aromatic heterocycles. The lowest BCUT2D eigenvalue weighted by Gasteiger charge is -2.11. The summed E-state index contributed by atoms with van der Waals surface area (Å²) in [6.45, 7) is 5.77. The summed E-state index contributed by atoms with van der Waals surface area (Å²) in [6, 6.07) is 3.39. The van der Waals surface area contributed by atoms with Crippen LogP contribution in [0, 0.1) is 5.92 Å². The van der Waals surface area contributed by atoms with E-state index in [-0.39, 0.29) is 18.4 Å². The van der Waals surface area contributed by atoms with Gasteiger partial charge in [-0.25, -0.2) is 4.98 Å². The molecule has 0 aliphatic rings. The summed E-state index contributed by atoms with van der Waals surface area (Å²) in [5.41, 5.74) is 0. The number of pyridine rings is 1. The number of rotatable bonds is 6. The smallest absolute Gasteiger partial charge is 0.228 e. The van der Waals surface area contributed by atoms with Gasteiger partial charge in [0.25, 0.3) is 0 Å². The summed E-state index contributed by atoms with van der Waals surface area (Å²) in [6.07, 6.45) is 1.71. The Bertz CT molecular complexity index is 376. The van der Waals surface area contributed by atoms with Crippen LogP contribution in [0.15, 0.2) is 18.3 Å². The number of nitrogens with one attached hydrogen (secondary N) is 1. The van der Waals surface area contributed by atoms with Crippen molar-refractivity contribution in [2.75, 3.05) is 11.9 Å². The van der Waals surface area contributed by atoms with Crippen LogP contribution in [-0.2, 0) is 4.79 Å². The van der Waals surface area contributed by atoms with Gasteiger partial charge in [0.1, 0.15) is 18.2 Å². The van der Waals surface area contributed by atoms with E-state index in [1.54, 1.807) is 12.1 Å². The minimum Gasteiger partial charge on any atom is -0.489 e. The van der Waals surface area contributed by atoms with Gasteiger partial charge in [0.05, 0.1) is 12.3 Å². The first kappa shape index (κ1) is 14.4. The summed E-state index contributed by atoms with van der Waals surface area (Å²) < 4.78 is 5.34. The van der Waals surface area contributed by atoms with E-state index in [1.165, 1.54) is 6.20 Å². The number of hydrogen-bond acceptors (Lipinski definition) is 4. The highest BCUT2D eigenvalue weighted by atomic mass is 16.5. The summed E-state index contributed by atoms with van der Waals surface area (Å²) in [5.74, 6) is 0.919. The predicted octanol–water partition coefficient (Wildman–Crippen LogP) is 1.83. The molecule has 0 aromatic carbocycles. The second kappa shape index (κ2) is 6.96. The van der Waals surface area contributed by atoms with Crippen LogP contribution < -0.4 is 10.1 Å². The van der Waals surface area contributed by atoms with E-state index in [2.05, 4.69) is 10.3 Å². The molecule has 0 bridgehead atoms. The van der Waals surface area contributed by atoms with Gasteiger partial charge in [0.2, 0.25) is 5.91 Å². The van der Waals surface area contributed by atoms with E-state index in [0.717, 1.165) is 0 Å². The van der Waals surface area contributed by atoms with E-state index in [1.807, 2.05) is 20.8 Å². The highest BCUT2D eigenvalue weighted by Crippen LogP contribution is 2.13. The number of carbonyl (C=O) groups excluding carboxylic acids is 1. The predicted molar refractivity (Wildman–Crippen MR) is 69.5 cm³/mol. The Hall–Kier alpha value is -1.62. The van der Waals surface area contributed by atoms with Crippen molar-refractivity contribution < 1.29 is 14.6 Å². The minimum atomic E-state index is -0.467. The maximum absolute atomic E-state index is 11.4. The average Bonchev–Trinajstić information content (AvgIpc) is 2.37. The standard InChI is InChI=1S/C13H20N2O3/c1-4-10(16)8-18-11-5-6-12(14-7-11)15-13(17)9(2)3/h5-7,9-10,16H,4,8H2,1-3H3,(H,14,15,17)/t10-/m0/s1. The van der Waals surface area contributed by atoms with Gasteiger partial charge in [-0.3, -0.25) is 4.79 Å². The minimum absolute atomic E-state index is 0.0717. The molecule has 1 aromatic rings. The van der Waals surface area contributed by atoms with Gasteiger partial charge in [0.15, 0.2) is 0 Å². The van der Waals surface area contributed by atoms with Crippen LogP contribution in [0.1, 0.15) is 27.2 Å². The fraction of sp³-hybridized carbons (Fsp3) is 0.538. The van der Waals surface area contributed by atoms with Gasteiger partial charge < -0.3 is 15.2 Å². The third-order valence-corrected chi connectivity index (χ3v) is 2.43. The van der Waals surface area contributed by atoms with Crippen molar-refractivity contribution in [3.63, 3.8) is 0 Å². The summed E-state index contributed by atoms with van der Waals surface area (Å²) in [5, 5.41) is 12.0. The molecule has 0 radical (unpaired) electrons. The quantitative estimate of drug-likeness (QED) is 0.810. The monoisotopic (exact) mass is 252 g/mol. The van der Waals surface area contributed by atoms with Crippen LogP contribution in [0.5, 0.6) is 5.75 Å². The van der Waals surface area contributed by atoms with Crippen LogP contribution in [0.25, 0.3) is 0 Å². The van der Waals surface area contributed by atoms with Crippen LogP contribution in [0.3, 0.4) is 0 Å². The molecule has 0 spiro atoms. The van der Waals surface area contributed by atoms with E-state index >= 15 is 0 Å². The van der Waals surface area contributed by atoms with E-state index in [4.69, 9.17) is 4.74 Å². The van der Waals surface area contributed by atoms with Crippen molar-refractivity contribution in [3.05, 3.63) is 18.3 Å². The molecule has 0 saturated carbocycles. The maximum Gasteiger partial charge on any atom is 0.228 e. The lowest BCUT2D eigenvalue weighted by atomic mass is 10.2. The summed E-state index contributed by atoms with van der Waals surface area (Å²) in [4.78, 5) is 15.5. The maximum atomic E-state index is 11.4. The number of carbonyl (C=O) groups is 1. The average molecular weight is 252 g/mol. The zero-order chi connectivity index (χ0) is 13.5. The second-order valence-electron chi connectivity index (χ2n) is 4.40. The molecular weight excluding hydrogens is 232 g/mol. The van der Waals surface area contributed by atoms with Crippen LogP contribution in [0.2, 0.25) is 0 Å². The SMILES string of the molecule is CC[C@H](O)COc1ccc(NC(=O)C(C)C)nc1. The van der Waals surface area contributed by atoms with Gasteiger partial charge in [-0.05, 0) is 18.6 Å². The molecule has 0 saturated heterocycles. The molecule has 0 aliphatic heterocycles. The first-order chi connectivity index (χ1) is 8.52. The Kier molecular flexibility index (Phi) is 5.58. The van der Waals surface area contributed by atoms with Crippen molar-refractivity contribution >= 4 is 11.7 Å². The largest absolute Gasteiger partial charge is 0.489 e. The van der Waals surface area contributed by atoms with Crippen molar-refractivity contribution in [3.8, 4) is 5.75 Å². The topological polar surface area (TPSA) is 71.5 Å². The highest BCUT2D eigenvalue weighted by Gasteiger charge is 2.08. The van der Waals surface area contributed by atoms with E-state index in [0.29, 0.717) is 18.0 Å². The number of ether oxygens (including phenoxy) is 1. The molecule has 100 valence electrons. The molecule has 5 nitrogen and oxygen atoms in total. The van der Waals surface area contributed by atoms with Crippen molar-refractivity contribution in [1.82, 2.24) is 4.98 Å². The number of aliphatic hydroxyl groups excluding tert-OH is 1. The lowest BCUT2D eigenvalue weighted by molar-refractivity contribution is -0.118. The number of anilines is 1. The molecule has 18 heavy (non-hydrogen) atoms. The Labute approximate surface area is 107 Å². The molecule has 0 unspecified atom stereocenters. The Morgan fingerprint density at radius 1 is 1.50 bits per heavy atom. The second-order valence-corrected chi connectivity index (χ2v) is 4.40. The zero-order valence-electron chi connectivity index (χ0n) is 11.0. The van der Waals surface area contributed by atoms with Crippen LogP contribution >= 0.6 is 0 Å². The molecule has 0 fully saturated rings. The molecule has 1 atom stereocenters.